The number of thiazole rings is 1. The molecule has 0 aliphatic heterocycles. The summed E-state index contributed by atoms with van der Waals surface area (Å²) in [7, 11) is 0. The lowest BCUT2D eigenvalue weighted by atomic mass is 9.82. The van der Waals surface area contributed by atoms with Crippen LogP contribution in [0.4, 0.5) is 5.13 Å². The Morgan fingerprint density at radius 2 is 2.11 bits per heavy atom. The van der Waals surface area contributed by atoms with Crippen LogP contribution in [0.15, 0.2) is 0 Å². The minimum Gasteiger partial charge on any atom is -0.317 e. The molecule has 0 spiro atoms. The summed E-state index contributed by atoms with van der Waals surface area (Å²) in [5, 5.41) is 3.58. The number of aromatic nitrogens is 1. The van der Waals surface area contributed by atoms with Gasteiger partial charge in [0.1, 0.15) is 0 Å². The maximum absolute atomic E-state index is 12.2. The zero-order valence-corrected chi connectivity index (χ0v) is 11.9. The zero-order valence-electron chi connectivity index (χ0n) is 11.1. The number of hydrogen-bond acceptors (Lipinski definition) is 4. The summed E-state index contributed by atoms with van der Waals surface area (Å²) in [5.41, 5.74) is 6.56. The van der Waals surface area contributed by atoms with Crippen LogP contribution < -0.4 is 11.1 Å². The normalized spacial score (nSPS) is 18.6. The number of anilines is 1. The van der Waals surface area contributed by atoms with Gasteiger partial charge in [0.25, 0.3) is 0 Å². The molecule has 5 heteroatoms. The minimum absolute atomic E-state index is 0.0707. The van der Waals surface area contributed by atoms with E-state index in [1.807, 2.05) is 6.92 Å². The average Bonchev–Trinajstić information content (AvgIpc) is 2.70. The molecule has 0 radical (unpaired) electrons. The molecule has 100 valence electrons. The quantitative estimate of drug-likeness (QED) is 0.884. The fourth-order valence-corrected chi connectivity index (χ4v) is 3.34. The molecule has 3 N–H and O–H groups in total. The highest BCUT2D eigenvalue weighted by atomic mass is 32.1. The largest absolute Gasteiger partial charge is 0.317 e. The number of rotatable bonds is 3. The SMILES string of the molecule is CCc1nc(NC(=O)C2(N)CCCCC2)sc1C. The molecule has 4 nitrogen and oxygen atoms in total. The van der Waals surface area contributed by atoms with E-state index in [0.717, 1.165) is 37.8 Å². The monoisotopic (exact) mass is 267 g/mol. The first-order valence-corrected chi connectivity index (χ1v) is 7.43. The van der Waals surface area contributed by atoms with Crippen molar-refractivity contribution in [2.45, 2.75) is 57.9 Å². The zero-order chi connectivity index (χ0) is 13.2. The molecule has 0 atom stereocenters. The van der Waals surface area contributed by atoms with Crippen molar-refractivity contribution in [1.29, 1.82) is 0 Å². The predicted molar refractivity (Wildman–Crippen MR) is 74.9 cm³/mol. The van der Waals surface area contributed by atoms with E-state index in [4.69, 9.17) is 5.73 Å². The number of aryl methyl sites for hydroxylation is 2. The van der Waals surface area contributed by atoms with Gasteiger partial charge in [-0.15, -0.1) is 11.3 Å². The van der Waals surface area contributed by atoms with Crippen LogP contribution in [0.3, 0.4) is 0 Å². The first-order chi connectivity index (χ1) is 8.55. The van der Waals surface area contributed by atoms with Gasteiger partial charge in [-0.25, -0.2) is 4.98 Å². The molecule has 1 aliphatic rings. The Balaban J connectivity index is 2.05. The van der Waals surface area contributed by atoms with Crippen molar-refractivity contribution in [1.82, 2.24) is 4.98 Å². The molecule has 18 heavy (non-hydrogen) atoms. The first kappa shape index (κ1) is 13.5. The van der Waals surface area contributed by atoms with Crippen molar-refractivity contribution in [2.75, 3.05) is 5.32 Å². The van der Waals surface area contributed by atoms with E-state index in [2.05, 4.69) is 17.2 Å². The maximum atomic E-state index is 12.2. The van der Waals surface area contributed by atoms with Crippen molar-refractivity contribution in [3.63, 3.8) is 0 Å². The van der Waals surface area contributed by atoms with Crippen LogP contribution in [-0.4, -0.2) is 16.4 Å². The molecule has 0 bridgehead atoms. The number of nitrogens with one attached hydrogen (secondary N) is 1. The third-order valence-corrected chi connectivity index (χ3v) is 4.57. The van der Waals surface area contributed by atoms with Gasteiger partial charge in [0.2, 0.25) is 5.91 Å². The van der Waals surface area contributed by atoms with Crippen LogP contribution in [0, 0.1) is 6.92 Å². The number of nitrogens with two attached hydrogens (primary N) is 1. The summed E-state index contributed by atoms with van der Waals surface area (Å²) < 4.78 is 0. The van der Waals surface area contributed by atoms with Gasteiger partial charge in [-0.2, -0.15) is 0 Å². The second-order valence-corrected chi connectivity index (χ2v) is 6.25. The molecule has 2 rings (SSSR count). The summed E-state index contributed by atoms with van der Waals surface area (Å²) >= 11 is 1.53. The predicted octanol–water partition coefficient (Wildman–Crippen LogP) is 2.61. The average molecular weight is 267 g/mol. The number of amides is 1. The number of carbonyl (C=O) groups is 1. The molecule has 1 aromatic rings. The van der Waals surface area contributed by atoms with E-state index in [9.17, 15) is 4.79 Å². The van der Waals surface area contributed by atoms with Gasteiger partial charge in [0.05, 0.1) is 11.2 Å². The highest BCUT2D eigenvalue weighted by molar-refractivity contribution is 7.15. The van der Waals surface area contributed by atoms with Gasteiger partial charge in [0, 0.05) is 4.88 Å². The Labute approximate surface area is 112 Å². The second-order valence-electron chi connectivity index (χ2n) is 5.05. The van der Waals surface area contributed by atoms with Gasteiger partial charge in [-0.05, 0) is 26.2 Å². The smallest absolute Gasteiger partial charge is 0.246 e. The Hall–Kier alpha value is -0.940. The number of nitrogens with zero attached hydrogens (tertiary/aromatic N) is 1. The summed E-state index contributed by atoms with van der Waals surface area (Å²) in [4.78, 5) is 17.8. The Morgan fingerprint density at radius 1 is 1.44 bits per heavy atom. The van der Waals surface area contributed by atoms with Crippen LogP contribution in [-0.2, 0) is 11.2 Å². The topological polar surface area (TPSA) is 68.0 Å². The fraction of sp³-hybridized carbons (Fsp3) is 0.692. The lowest BCUT2D eigenvalue weighted by Gasteiger charge is -2.31. The Bertz CT molecular complexity index is 435. The van der Waals surface area contributed by atoms with E-state index in [0.29, 0.717) is 5.13 Å². The van der Waals surface area contributed by atoms with Crippen LogP contribution in [0.5, 0.6) is 0 Å². The number of hydrogen-bond donors (Lipinski definition) is 2. The molecular formula is C13H21N3OS. The maximum Gasteiger partial charge on any atom is 0.246 e. The third kappa shape index (κ3) is 2.72. The van der Waals surface area contributed by atoms with Crippen molar-refractivity contribution in [3.05, 3.63) is 10.6 Å². The molecule has 0 unspecified atom stereocenters. The second kappa shape index (κ2) is 5.36. The minimum atomic E-state index is -0.690. The molecule has 0 saturated heterocycles. The standard InChI is InChI=1S/C13H21N3OS/c1-3-10-9(2)18-12(15-10)16-11(17)13(14)7-5-4-6-8-13/h3-8,14H2,1-2H3,(H,15,16,17). The molecule has 0 aromatic carbocycles. The lowest BCUT2D eigenvalue weighted by molar-refractivity contribution is -0.122. The van der Waals surface area contributed by atoms with Gasteiger partial charge in [0.15, 0.2) is 5.13 Å². The van der Waals surface area contributed by atoms with Crippen LogP contribution in [0.1, 0.15) is 49.6 Å². The third-order valence-electron chi connectivity index (χ3n) is 3.65. The van der Waals surface area contributed by atoms with Crippen LogP contribution >= 0.6 is 11.3 Å². The molecule has 1 amide bonds. The van der Waals surface area contributed by atoms with Crippen LogP contribution in [0.2, 0.25) is 0 Å². The van der Waals surface area contributed by atoms with Crippen molar-refractivity contribution in [2.24, 2.45) is 5.73 Å². The summed E-state index contributed by atoms with van der Waals surface area (Å²) in [6.45, 7) is 4.10. The van der Waals surface area contributed by atoms with Crippen molar-refractivity contribution >= 4 is 22.4 Å². The van der Waals surface area contributed by atoms with Gasteiger partial charge < -0.3 is 11.1 Å². The molecule has 1 aliphatic carbocycles. The summed E-state index contributed by atoms with van der Waals surface area (Å²) in [6, 6.07) is 0. The van der Waals surface area contributed by atoms with E-state index >= 15 is 0 Å². The van der Waals surface area contributed by atoms with E-state index < -0.39 is 5.54 Å². The Kier molecular flexibility index (Phi) is 4.02. The summed E-state index contributed by atoms with van der Waals surface area (Å²) in [6.07, 6.45) is 5.73. The van der Waals surface area contributed by atoms with Crippen molar-refractivity contribution in [3.8, 4) is 0 Å². The van der Waals surface area contributed by atoms with Crippen LogP contribution in [0.25, 0.3) is 0 Å². The molecule has 1 fully saturated rings. The van der Waals surface area contributed by atoms with Gasteiger partial charge in [-0.3, -0.25) is 4.79 Å². The lowest BCUT2D eigenvalue weighted by Crippen LogP contribution is -2.52. The molecule has 1 aromatic heterocycles. The number of carbonyl (C=O) groups excluding carboxylic acids is 1. The van der Waals surface area contributed by atoms with E-state index in [1.54, 1.807) is 0 Å². The van der Waals surface area contributed by atoms with Gasteiger partial charge >= 0.3 is 0 Å². The highest BCUT2D eigenvalue weighted by Gasteiger charge is 2.35. The first-order valence-electron chi connectivity index (χ1n) is 6.62. The highest BCUT2D eigenvalue weighted by Crippen LogP contribution is 2.28. The van der Waals surface area contributed by atoms with Gasteiger partial charge in [-0.1, -0.05) is 26.2 Å². The molecule has 1 saturated carbocycles. The molecular weight excluding hydrogens is 246 g/mol. The molecule has 1 heterocycles. The fourth-order valence-electron chi connectivity index (χ4n) is 2.44. The Morgan fingerprint density at radius 3 is 2.67 bits per heavy atom. The van der Waals surface area contributed by atoms with E-state index in [-0.39, 0.29) is 5.91 Å². The van der Waals surface area contributed by atoms with Crippen molar-refractivity contribution < 1.29 is 4.79 Å². The summed E-state index contributed by atoms with van der Waals surface area (Å²) in [5.74, 6) is -0.0707. The van der Waals surface area contributed by atoms with E-state index in [1.165, 1.54) is 22.6 Å².